The molecule has 88 valence electrons. The molecule has 17 heavy (non-hydrogen) atoms. The maximum Gasteiger partial charge on any atom is 0.222 e. The molecule has 0 saturated carbocycles. The first-order chi connectivity index (χ1) is 8.20. The molecule has 0 aliphatic heterocycles. The van der Waals surface area contributed by atoms with Crippen molar-refractivity contribution in [3.05, 3.63) is 41.4 Å². The number of halogens is 1. The predicted molar refractivity (Wildman–Crippen MR) is 66.7 cm³/mol. The molecule has 2 rings (SSSR count). The first kappa shape index (κ1) is 11.5. The van der Waals surface area contributed by atoms with Gasteiger partial charge in [0, 0.05) is 12.1 Å². The van der Waals surface area contributed by atoms with Crippen LogP contribution < -0.4 is 15.2 Å². The topological polar surface area (TPSA) is 57.4 Å². The lowest BCUT2D eigenvalue weighted by Crippen LogP contribution is -1.95. The molecule has 0 amide bonds. The molecular formula is C12H11ClN2O2. The van der Waals surface area contributed by atoms with Gasteiger partial charge in [0.25, 0.3) is 0 Å². The van der Waals surface area contributed by atoms with Gasteiger partial charge in [-0.2, -0.15) is 4.98 Å². The molecule has 0 radical (unpaired) electrons. The molecule has 2 aromatic rings. The Morgan fingerprint density at radius 3 is 2.53 bits per heavy atom. The highest BCUT2D eigenvalue weighted by atomic mass is 35.5. The highest BCUT2D eigenvalue weighted by molar-refractivity contribution is 6.32. The molecule has 0 atom stereocenters. The zero-order valence-electron chi connectivity index (χ0n) is 9.18. The highest BCUT2D eigenvalue weighted by Gasteiger charge is 2.08. The van der Waals surface area contributed by atoms with Crippen molar-refractivity contribution in [1.29, 1.82) is 0 Å². The third-order valence-corrected chi connectivity index (χ3v) is 2.41. The van der Waals surface area contributed by atoms with E-state index in [-0.39, 0.29) is 0 Å². The molecule has 1 aromatic heterocycles. The minimum Gasteiger partial charge on any atom is -0.481 e. The molecule has 1 aromatic carbocycles. The van der Waals surface area contributed by atoms with Gasteiger partial charge in [0.15, 0.2) is 5.75 Å². The number of hydrogen-bond donors (Lipinski definition) is 1. The number of anilines is 1. The molecule has 0 aliphatic rings. The Balaban J connectivity index is 2.31. The molecule has 0 saturated heterocycles. The number of nitrogens with zero attached hydrogens (tertiary/aromatic N) is 1. The van der Waals surface area contributed by atoms with E-state index in [0.717, 1.165) is 0 Å². The second-order valence-corrected chi connectivity index (χ2v) is 3.69. The van der Waals surface area contributed by atoms with Gasteiger partial charge in [-0.25, -0.2) is 0 Å². The zero-order chi connectivity index (χ0) is 12.3. The van der Waals surface area contributed by atoms with Gasteiger partial charge in [-0.3, -0.25) is 0 Å². The summed E-state index contributed by atoms with van der Waals surface area (Å²) in [7, 11) is 1.54. The number of ether oxygens (including phenoxy) is 2. The van der Waals surface area contributed by atoms with Crippen LogP contribution in [0.2, 0.25) is 5.02 Å². The van der Waals surface area contributed by atoms with Crippen LogP contribution in [-0.4, -0.2) is 12.1 Å². The molecule has 0 spiro atoms. The van der Waals surface area contributed by atoms with Crippen LogP contribution in [0.1, 0.15) is 0 Å². The van der Waals surface area contributed by atoms with Gasteiger partial charge in [0.1, 0.15) is 0 Å². The molecule has 2 N–H and O–H groups in total. The standard InChI is InChI=1S/C12H11ClN2O2/c1-16-10-6-3-7-11(15-10)17-12-8(13)4-2-5-9(12)14/h2-7H,14H2,1H3. The molecular weight excluding hydrogens is 240 g/mol. The van der Waals surface area contributed by atoms with E-state index in [0.29, 0.717) is 28.2 Å². The lowest BCUT2D eigenvalue weighted by Gasteiger charge is -2.09. The van der Waals surface area contributed by atoms with Crippen LogP contribution in [0.15, 0.2) is 36.4 Å². The molecule has 0 aliphatic carbocycles. The molecule has 4 nitrogen and oxygen atoms in total. The van der Waals surface area contributed by atoms with E-state index in [1.807, 2.05) is 0 Å². The quantitative estimate of drug-likeness (QED) is 0.851. The van der Waals surface area contributed by atoms with Crippen molar-refractivity contribution in [2.24, 2.45) is 0 Å². The lowest BCUT2D eigenvalue weighted by atomic mass is 10.3. The van der Waals surface area contributed by atoms with Crippen molar-refractivity contribution >= 4 is 17.3 Å². The summed E-state index contributed by atoms with van der Waals surface area (Å²) in [5.41, 5.74) is 6.23. The number of nitrogens with two attached hydrogens (primary N) is 1. The summed E-state index contributed by atoms with van der Waals surface area (Å²) in [5.74, 6) is 1.24. The predicted octanol–water partition coefficient (Wildman–Crippen LogP) is 3.12. The highest BCUT2D eigenvalue weighted by Crippen LogP contribution is 2.34. The molecule has 1 heterocycles. The molecule has 5 heteroatoms. The Morgan fingerprint density at radius 1 is 1.12 bits per heavy atom. The van der Waals surface area contributed by atoms with Gasteiger partial charge in [-0.15, -0.1) is 0 Å². The number of pyridine rings is 1. The fourth-order valence-corrected chi connectivity index (χ4v) is 1.52. The monoisotopic (exact) mass is 250 g/mol. The van der Waals surface area contributed by atoms with E-state index in [4.69, 9.17) is 26.8 Å². The average molecular weight is 251 g/mol. The van der Waals surface area contributed by atoms with Crippen LogP contribution in [0.3, 0.4) is 0 Å². The van der Waals surface area contributed by atoms with Crippen molar-refractivity contribution in [2.75, 3.05) is 12.8 Å². The van der Waals surface area contributed by atoms with E-state index in [9.17, 15) is 0 Å². The Kier molecular flexibility index (Phi) is 3.35. The van der Waals surface area contributed by atoms with Crippen molar-refractivity contribution in [3.8, 4) is 17.5 Å². The van der Waals surface area contributed by atoms with Crippen LogP contribution in [0.25, 0.3) is 0 Å². The van der Waals surface area contributed by atoms with E-state index in [1.165, 1.54) is 7.11 Å². The summed E-state index contributed by atoms with van der Waals surface area (Å²) >= 11 is 5.99. The maximum absolute atomic E-state index is 5.99. The summed E-state index contributed by atoms with van der Waals surface area (Å²) in [6.45, 7) is 0. The average Bonchev–Trinajstić information content (AvgIpc) is 2.34. The third-order valence-electron chi connectivity index (χ3n) is 2.11. The van der Waals surface area contributed by atoms with Crippen LogP contribution in [-0.2, 0) is 0 Å². The van der Waals surface area contributed by atoms with Crippen LogP contribution in [0.4, 0.5) is 5.69 Å². The van der Waals surface area contributed by atoms with Gasteiger partial charge >= 0.3 is 0 Å². The second kappa shape index (κ2) is 4.93. The van der Waals surface area contributed by atoms with Crippen molar-refractivity contribution in [1.82, 2.24) is 4.98 Å². The number of rotatable bonds is 3. The maximum atomic E-state index is 5.99. The van der Waals surface area contributed by atoms with E-state index in [2.05, 4.69) is 4.98 Å². The van der Waals surface area contributed by atoms with E-state index < -0.39 is 0 Å². The van der Waals surface area contributed by atoms with Crippen LogP contribution in [0.5, 0.6) is 17.5 Å². The molecule has 0 unspecified atom stereocenters. The number of nitrogen functional groups attached to an aromatic ring is 1. The number of para-hydroxylation sites is 1. The van der Waals surface area contributed by atoms with Crippen molar-refractivity contribution in [3.63, 3.8) is 0 Å². The molecule has 0 fully saturated rings. The number of hydrogen-bond acceptors (Lipinski definition) is 4. The normalized spacial score (nSPS) is 10.0. The fourth-order valence-electron chi connectivity index (χ4n) is 1.30. The van der Waals surface area contributed by atoms with Crippen LogP contribution in [0, 0.1) is 0 Å². The van der Waals surface area contributed by atoms with Gasteiger partial charge in [0.05, 0.1) is 17.8 Å². The van der Waals surface area contributed by atoms with Gasteiger partial charge < -0.3 is 15.2 Å². The molecule has 0 bridgehead atoms. The number of benzene rings is 1. The summed E-state index contributed by atoms with van der Waals surface area (Å²) in [5, 5.41) is 0.439. The summed E-state index contributed by atoms with van der Waals surface area (Å²) in [4.78, 5) is 4.11. The first-order valence-corrected chi connectivity index (χ1v) is 5.31. The third kappa shape index (κ3) is 2.60. The number of methoxy groups -OCH3 is 1. The van der Waals surface area contributed by atoms with E-state index in [1.54, 1.807) is 36.4 Å². The largest absolute Gasteiger partial charge is 0.481 e. The first-order valence-electron chi connectivity index (χ1n) is 4.93. The Hall–Kier alpha value is -1.94. The minimum absolute atomic E-state index is 0.379. The Morgan fingerprint density at radius 2 is 1.82 bits per heavy atom. The van der Waals surface area contributed by atoms with Gasteiger partial charge in [-0.05, 0) is 12.1 Å². The summed E-state index contributed by atoms with van der Waals surface area (Å²) < 4.78 is 10.5. The second-order valence-electron chi connectivity index (χ2n) is 3.28. The van der Waals surface area contributed by atoms with Gasteiger partial charge in [0.2, 0.25) is 11.8 Å². The van der Waals surface area contributed by atoms with E-state index >= 15 is 0 Å². The SMILES string of the molecule is COc1cccc(Oc2c(N)cccc2Cl)n1. The zero-order valence-corrected chi connectivity index (χ0v) is 9.94. The summed E-state index contributed by atoms with van der Waals surface area (Å²) in [6, 6.07) is 10.4. The van der Waals surface area contributed by atoms with Crippen molar-refractivity contribution < 1.29 is 9.47 Å². The minimum atomic E-state index is 0.379. The van der Waals surface area contributed by atoms with Gasteiger partial charge in [-0.1, -0.05) is 23.7 Å². The van der Waals surface area contributed by atoms with Crippen LogP contribution >= 0.6 is 11.6 Å². The van der Waals surface area contributed by atoms with Crippen molar-refractivity contribution in [2.45, 2.75) is 0 Å². The summed E-state index contributed by atoms with van der Waals surface area (Å²) in [6.07, 6.45) is 0. The smallest absolute Gasteiger partial charge is 0.222 e. The number of aromatic nitrogens is 1. The fraction of sp³-hybridized carbons (Fsp3) is 0.0833. The lowest BCUT2D eigenvalue weighted by molar-refractivity contribution is 0.384. The Labute approximate surface area is 104 Å². The Bertz CT molecular complexity index is 511.